The van der Waals surface area contributed by atoms with Gasteiger partial charge in [0.05, 0.1) is 47.5 Å². The van der Waals surface area contributed by atoms with E-state index in [1.807, 2.05) is 0 Å². The molecule has 3 aromatic rings. The summed E-state index contributed by atoms with van der Waals surface area (Å²) in [4.78, 5) is 29.7. The van der Waals surface area contributed by atoms with Crippen LogP contribution in [-0.4, -0.2) is 53.4 Å². The number of anilines is 1. The van der Waals surface area contributed by atoms with Gasteiger partial charge in [0, 0.05) is 12.1 Å². The molecule has 10 heteroatoms. The van der Waals surface area contributed by atoms with Crippen molar-refractivity contribution in [1.29, 1.82) is 0 Å². The van der Waals surface area contributed by atoms with Gasteiger partial charge in [-0.15, -0.1) is 0 Å². The third-order valence-corrected chi connectivity index (χ3v) is 6.81. The normalized spacial score (nSPS) is 13.9. The number of nitrogens with zero attached hydrogens (tertiary/aromatic N) is 1. The first-order valence-corrected chi connectivity index (χ1v) is 12.6. The molecule has 10 nitrogen and oxygen atoms in total. The van der Waals surface area contributed by atoms with Crippen LogP contribution in [0.3, 0.4) is 0 Å². The van der Waals surface area contributed by atoms with E-state index in [9.17, 15) is 9.59 Å². The van der Waals surface area contributed by atoms with Crippen molar-refractivity contribution >= 4 is 17.5 Å². The summed E-state index contributed by atoms with van der Waals surface area (Å²) >= 11 is 0. The molecule has 0 spiro atoms. The molecule has 1 N–H and O–H groups in total. The molecule has 1 fully saturated rings. The molecule has 0 unspecified atom stereocenters. The Morgan fingerprint density at radius 3 is 2.08 bits per heavy atom. The van der Waals surface area contributed by atoms with Crippen LogP contribution in [0.1, 0.15) is 47.8 Å². The van der Waals surface area contributed by atoms with Gasteiger partial charge in [0.15, 0.2) is 17.3 Å². The summed E-state index contributed by atoms with van der Waals surface area (Å²) < 4.78 is 33.2. The summed E-state index contributed by atoms with van der Waals surface area (Å²) in [5.74, 6) is 1.01. The predicted molar refractivity (Wildman–Crippen MR) is 144 cm³/mol. The molecule has 2 amide bonds. The molecule has 1 heterocycles. The molecule has 1 aromatic heterocycles. The molecule has 0 saturated heterocycles. The lowest BCUT2D eigenvalue weighted by atomic mass is 10.00. The second-order valence-corrected chi connectivity index (χ2v) is 9.04. The van der Waals surface area contributed by atoms with E-state index in [0.29, 0.717) is 40.0 Å². The summed E-state index contributed by atoms with van der Waals surface area (Å²) in [6, 6.07) is 10.3. The van der Waals surface area contributed by atoms with Crippen LogP contribution in [0.2, 0.25) is 0 Å². The molecule has 0 bridgehead atoms. The number of hydrogen-bond donors (Lipinski definition) is 1. The Bertz CT molecular complexity index is 1260. The first kappa shape index (κ1) is 27.7. The van der Waals surface area contributed by atoms with E-state index in [2.05, 4.69) is 5.32 Å². The van der Waals surface area contributed by atoms with E-state index in [0.717, 1.165) is 25.7 Å². The fourth-order valence-electron chi connectivity index (χ4n) is 4.90. The Kier molecular flexibility index (Phi) is 8.85. The molecular weight excluding hydrogens is 504 g/mol. The van der Waals surface area contributed by atoms with Gasteiger partial charge in [0.25, 0.3) is 5.91 Å². The van der Waals surface area contributed by atoms with Crippen LogP contribution < -0.4 is 33.9 Å². The topological polar surface area (TPSA) is 109 Å². The van der Waals surface area contributed by atoms with Crippen LogP contribution in [-0.2, 0) is 4.79 Å². The van der Waals surface area contributed by atoms with Crippen LogP contribution >= 0.6 is 0 Å². The van der Waals surface area contributed by atoms with Gasteiger partial charge in [-0.05, 0) is 54.8 Å². The lowest BCUT2D eigenvalue weighted by Gasteiger charge is -2.33. The van der Waals surface area contributed by atoms with Crippen molar-refractivity contribution in [2.24, 2.45) is 0 Å². The van der Waals surface area contributed by atoms with E-state index in [-0.39, 0.29) is 17.7 Å². The number of furan rings is 1. The summed E-state index contributed by atoms with van der Waals surface area (Å²) in [5.41, 5.74) is 0.753. The van der Waals surface area contributed by atoms with Crippen molar-refractivity contribution in [3.63, 3.8) is 0 Å². The molecule has 1 saturated carbocycles. The third-order valence-electron chi connectivity index (χ3n) is 6.81. The van der Waals surface area contributed by atoms with Crippen molar-refractivity contribution in [1.82, 2.24) is 5.32 Å². The minimum atomic E-state index is -1.17. The number of benzene rings is 2. The van der Waals surface area contributed by atoms with Gasteiger partial charge in [-0.1, -0.05) is 12.8 Å². The van der Waals surface area contributed by atoms with Crippen molar-refractivity contribution in [3.8, 4) is 28.7 Å². The zero-order valence-electron chi connectivity index (χ0n) is 22.8. The maximum atomic E-state index is 14.2. The Morgan fingerprint density at radius 2 is 1.54 bits per heavy atom. The largest absolute Gasteiger partial charge is 0.497 e. The molecule has 0 radical (unpaired) electrons. The highest BCUT2D eigenvalue weighted by Crippen LogP contribution is 2.44. The van der Waals surface area contributed by atoms with E-state index < -0.39 is 11.9 Å². The molecule has 39 heavy (non-hydrogen) atoms. The van der Waals surface area contributed by atoms with Gasteiger partial charge < -0.3 is 33.4 Å². The predicted octanol–water partition coefficient (Wildman–Crippen LogP) is 4.77. The number of amides is 2. The van der Waals surface area contributed by atoms with E-state index in [1.165, 1.54) is 46.7 Å². The number of rotatable bonds is 11. The van der Waals surface area contributed by atoms with Crippen molar-refractivity contribution in [2.45, 2.75) is 37.8 Å². The maximum Gasteiger partial charge on any atom is 0.295 e. The van der Waals surface area contributed by atoms with Gasteiger partial charge in [-0.2, -0.15) is 0 Å². The smallest absolute Gasteiger partial charge is 0.295 e. The van der Waals surface area contributed by atoms with Gasteiger partial charge >= 0.3 is 0 Å². The number of ether oxygens (including phenoxy) is 5. The summed E-state index contributed by atoms with van der Waals surface area (Å²) in [6.07, 6.45) is 5.18. The van der Waals surface area contributed by atoms with Crippen molar-refractivity contribution < 1.29 is 37.7 Å². The summed E-state index contributed by atoms with van der Waals surface area (Å²) in [5, 5.41) is 3.15. The monoisotopic (exact) mass is 538 g/mol. The fourth-order valence-corrected chi connectivity index (χ4v) is 4.90. The molecule has 0 aliphatic heterocycles. The van der Waals surface area contributed by atoms with Gasteiger partial charge in [0.1, 0.15) is 17.5 Å². The zero-order valence-corrected chi connectivity index (χ0v) is 22.8. The first-order valence-electron chi connectivity index (χ1n) is 12.6. The average molecular weight is 539 g/mol. The third kappa shape index (κ3) is 5.74. The minimum Gasteiger partial charge on any atom is -0.497 e. The number of hydrogen-bond acceptors (Lipinski definition) is 8. The first-order chi connectivity index (χ1) is 18.9. The van der Waals surface area contributed by atoms with Crippen LogP contribution in [0.4, 0.5) is 5.69 Å². The van der Waals surface area contributed by atoms with Gasteiger partial charge in [-0.25, -0.2) is 0 Å². The van der Waals surface area contributed by atoms with E-state index >= 15 is 0 Å². The van der Waals surface area contributed by atoms with E-state index in [4.69, 9.17) is 28.1 Å². The molecular formula is C29H34N2O8. The van der Waals surface area contributed by atoms with Crippen LogP contribution in [0.5, 0.6) is 28.7 Å². The second-order valence-electron chi connectivity index (χ2n) is 9.04. The molecule has 2 aromatic carbocycles. The number of carbonyl (C=O) groups is 2. The highest BCUT2D eigenvalue weighted by atomic mass is 16.5. The quantitative estimate of drug-likeness (QED) is 0.372. The Labute approximate surface area is 227 Å². The van der Waals surface area contributed by atoms with Crippen molar-refractivity contribution in [3.05, 3.63) is 60.1 Å². The Hall–Kier alpha value is -4.34. The number of methoxy groups -OCH3 is 5. The standard InChI is InChI=1S/C29H34N2O8/c1-34-20-12-13-22(35-2)21(17-20)31(29(33)23-11-8-14-39-23)26(28(32)30-19-9-6-7-10-19)18-15-24(36-3)27(38-5)25(16-18)37-4/h8,11-17,19,26H,6-7,9-10H2,1-5H3,(H,30,32)/t26-/m1/s1. The Balaban J connectivity index is 1.97. The fraction of sp³-hybridized carbons (Fsp3) is 0.379. The molecule has 1 aliphatic carbocycles. The molecule has 208 valence electrons. The van der Waals surface area contributed by atoms with Crippen LogP contribution in [0.15, 0.2) is 53.1 Å². The molecule has 4 rings (SSSR count). The minimum absolute atomic E-state index is 0.00481. The van der Waals surface area contributed by atoms with Gasteiger partial charge in [0.2, 0.25) is 11.7 Å². The SMILES string of the molecule is COc1ccc(OC)c(N(C(=O)c2ccco2)[C@@H](C(=O)NC2CCCC2)c2cc(OC)c(OC)c(OC)c2)c1. The summed E-state index contributed by atoms with van der Waals surface area (Å²) in [6.45, 7) is 0. The summed E-state index contributed by atoms with van der Waals surface area (Å²) in [7, 11) is 7.50. The highest BCUT2D eigenvalue weighted by Gasteiger charge is 2.38. The molecule has 1 aliphatic rings. The van der Waals surface area contributed by atoms with Crippen LogP contribution in [0, 0.1) is 0 Å². The molecule has 1 atom stereocenters. The number of nitrogens with one attached hydrogen (secondary N) is 1. The van der Waals surface area contributed by atoms with E-state index in [1.54, 1.807) is 42.5 Å². The average Bonchev–Trinajstić information content (AvgIpc) is 3.69. The Morgan fingerprint density at radius 1 is 0.872 bits per heavy atom. The second kappa shape index (κ2) is 12.5. The lowest BCUT2D eigenvalue weighted by molar-refractivity contribution is -0.123. The van der Waals surface area contributed by atoms with Gasteiger partial charge in [-0.3, -0.25) is 14.5 Å². The number of carbonyl (C=O) groups excluding carboxylic acids is 2. The van der Waals surface area contributed by atoms with Crippen molar-refractivity contribution in [2.75, 3.05) is 40.4 Å². The lowest BCUT2D eigenvalue weighted by Crippen LogP contribution is -2.46. The zero-order chi connectivity index (χ0) is 27.9. The maximum absolute atomic E-state index is 14.2. The highest BCUT2D eigenvalue weighted by molar-refractivity contribution is 6.09. The van der Waals surface area contributed by atoms with Crippen LogP contribution in [0.25, 0.3) is 0 Å².